The predicted octanol–water partition coefficient (Wildman–Crippen LogP) is 1.11. The van der Waals surface area contributed by atoms with Crippen LogP contribution in [0.5, 0.6) is 0 Å². The molecule has 0 aliphatic carbocycles. The summed E-state index contributed by atoms with van der Waals surface area (Å²) in [6.45, 7) is 1.52. The number of methoxy groups -OCH3 is 1. The lowest BCUT2D eigenvalue weighted by atomic mass is 10.1. The van der Waals surface area contributed by atoms with Gasteiger partial charge in [0.1, 0.15) is 11.9 Å². The predicted molar refractivity (Wildman–Crippen MR) is 87.5 cm³/mol. The van der Waals surface area contributed by atoms with Crippen LogP contribution in [0.2, 0.25) is 0 Å². The van der Waals surface area contributed by atoms with E-state index in [0.29, 0.717) is 18.7 Å². The van der Waals surface area contributed by atoms with Crippen LogP contribution in [0.4, 0.5) is 4.39 Å². The average molecular weight is 334 g/mol. The Morgan fingerprint density at radius 3 is 2.50 bits per heavy atom. The van der Waals surface area contributed by atoms with Crippen LogP contribution < -0.4 is 5.73 Å². The summed E-state index contributed by atoms with van der Waals surface area (Å²) < 4.78 is 18.7. The second-order valence-electron chi connectivity index (χ2n) is 5.22. The molecule has 22 heavy (non-hydrogen) atoms. The lowest BCUT2D eigenvalue weighted by Crippen LogP contribution is -2.47. The number of carbonyl (C=O) groups excluding carboxylic acids is 1. The molecule has 0 spiro atoms. The molecule has 126 valence electrons. The molecule has 5 nitrogen and oxygen atoms in total. The molecule has 7 heteroatoms. The topological polar surface area (TPSA) is 58.8 Å². The molecule has 0 aliphatic rings. The van der Waals surface area contributed by atoms with Gasteiger partial charge in [-0.15, -0.1) is 12.4 Å². The zero-order chi connectivity index (χ0) is 15.8. The molecule has 0 aromatic heterocycles. The Kier molecular flexibility index (Phi) is 9.93. The molecular formula is C15H25ClFN3O2. The zero-order valence-corrected chi connectivity index (χ0v) is 14.1. The van der Waals surface area contributed by atoms with Gasteiger partial charge in [-0.05, 0) is 20.2 Å². The van der Waals surface area contributed by atoms with Crippen molar-refractivity contribution in [3.05, 3.63) is 35.6 Å². The molecule has 0 saturated heterocycles. The summed E-state index contributed by atoms with van der Waals surface area (Å²) in [5.41, 5.74) is 6.28. The van der Waals surface area contributed by atoms with Crippen LogP contribution in [0.15, 0.2) is 24.3 Å². The van der Waals surface area contributed by atoms with E-state index < -0.39 is 6.04 Å². The fourth-order valence-electron chi connectivity index (χ4n) is 1.91. The highest BCUT2D eigenvalue weighted by Crippen LogP contribution is 2.11. The van der Waals surface area contributed by atoms with Crippen LogP contribution in [0, 0.1) is 5.82 Å². The number of carbonyl (C=O) groups is 1. The van der Waals surface area contributed by atoms with E-state index >= 15 is 0 Å². The SMILES string of the molecule is COCC(N)C(=O)N(CCN(C)C)Cc1ccccc1F.Cl. The Morgan fingerprint density at radius 2 is 1.95 bits per heavy atom. The lowest BCUT2D eigenvalue weighted by Gasteiger charge is -2.27. The van der Waals surface area contributed by atoms with Gasteiger partial charge in [0.25, 0.3) is 0 Å². The minimum Gasteiger partial charge on any atom is -0.383 e. The fraction of sp³-hybridized carbons (Fsp3) is 0.533. The molecule has 1 atom stereocenters. The highest BCUT2D eigenvalue weighted by molar-refractivity contribution is 5.85. The Hall–Kier alpha value is -1.21. The van der Waals surface area contributed by atoms with E-state index in [0.717, 1.165) is 0 Å². The largest absolute Gasteiger partial charge is 0.383 e. The van der Waals surface area contributed by atoms with Gasteiger partial charge in [0.15, 0.2) is 0 Å². The van der Waals surface area contributed by atoms with Gasteiger partial charge in [-0.2, -0.15) is 0 Å². The lowest BCUT2D eigenvalue weighted by molar-refractivity contribution is -0.134. The van der Waals surface area contributed by atoms with Gasteiger partial charge in [-0.25, -0.2) is 4.39 Å². The number of hydrogen-bond acceptors (Lipinski definition) is 4. The molecule has 1 amide bonds. The Bertz CT molecular complexity index is 460. The van der Waals surface area contributed by atoms with Crippen LogP contribution in [0.1, 0.15) is 5.56 Å². The van der Waals surface area contributed by atoms with Gasteiger partial charge < -0.3 is 20.3 Å². The molecular weight excluding hydrogens is 309 g/mol. The highest BCUT2D eigenvalue weighted by Gasteiger charge is 2.22. The molecule has 1 unspecified atom stereocenters. The third kappa shape index (κ3) is 6.70. The Morgan fingerprint density at radius 1 is 1.32 bits per heavy atom. The number of likely N-dealkylation sites (N-methyl/N-ethyl adjacent to an activating group) is 1. The summed E-state index contributed by atoms with van der Waals surface area (Å²) in [4.78, 5) is 15.9. The molecule has 2 N–H and O–H groups in total. The van der Waals surface area contributed by atoms with E-state index in [-0.39, 0.29) is 37.3 Å². The first-order valence-corrected chi connectivity index (χ1v) is 6.87. The van der Waals surface area contributed by atoms with Gasteiger partial charge in [-0.1, -0.05) is 18.2 Å². The molecule has 0 bridgehead atoms. The number of halogens is 2. The summed E-state index contributed by atoms with van der Waals surface area (Å²) in [5.74, 6) is -0.553. The monoisotopic (exact) mass is 333 g/mol. The smallest absolute Gasteiger partial charge is 0.242 e. The van der Waals surface area contributed by atoms with Crippen molar-refractivity contribution in [3.8, 4) is 0 Å². The first kappa shape index (κ1) is 20.8. The maximum atomic E-state index is 13.8. The van der Waals surface area contributed by atoms with E-state index in [1.807, 2.05) is 19.0 Å². The quantitative estimate of drug-likeness (QED) is 0.774. The van der Waals surface area contributed by atoms with Gasteiger partial charge in [0.2, 0.25) is 5.91 Å². The van der Waals surface area contributed by atoms with Crippen LogP contribution in [-0.4, -0.2) is 62.7 Å². The van der Waals surface area contributed by atoms with Gasteiger partial charge >= 0.3 is 0 Å². The van der Waals surface area contributed by atoms with Gasteiger partial charge in [-0.3, -0.25) is 4.79 Å². The van der Waals surface area contributed by atoms with Crippen molar-refractivity contribution in [1.82, 2.24) is 9.80 Å². The second kappa shape index (κ2) is 10.5. The molecule has 0 heterocycles. The minimum absolute atomic E-state index is 0. The maximum absolute atomic E-state index is 13.8. The van der Waals surface area contributed by atoms with E-state index in [1.165, 1.54) is 13.2 Å². The summed E-state index contributed by atoms with van der Waals surface area (Å²) in [5, 5.41) is 0. The number of hydrogen-bond donors (Lipinski definition) is 1. The van der Waals surface area contributed by atoms with Crippen LogP contribution in [0.25, 0.3) is 0 Å². The second-order valence-corrected chi connectivity index (χ2v) is 5.22. The maximum Gasteiger partial charge on any atom is 0.242 e. The number of ether oxygens (including phenoxy) is 1. The number of amides is 1. The number of nitrogens with two attached hydrogens (primary N) is 1. The molecule has 0 radical (unpaired) electrons. The normalized spacial score (nSPS) is 11.9. The van der Waals surface area contributed by atoms with E-state index in [2.05, 4.69) is 0 Å². The van der Waals surface area contributed by atoms with E-state index in [1.54, 1.807) is 23.1 Å². The molecule has 0 fully saturated rings. The van der Waals surface area contributed by atoms with Gasteiger partial charge in [0.05, 0.1) is 6.61 Å². The number of nitrogens with zero attached hydrogens (tertiary/aromatic N) is 2. The third-order valence-corrected chi connectivity index (χ3v) is 3.11. The van der Waals surface area contributed by atoms with Crippen LogP contribution in [0.3, 0.4) is 0 Å². The summed E-state index contributed by atoms with van der Waals surface area (Å²) >= 11 is 0. The summed E-state index contributed by atoms with van der Waals surface area (Å²) in [7, 11) is 5.33. The average Bonchev–Trinajstić information content (AvgIpc) is 2.44. The molecule has 0 saturated carbocycles. The Balaban J connectivity index is 0.00000441. The van der Waals surface area contributed by atoms with Crippen molar-refractivity contribution in [2.45, 2.75) is 12.6 Å². The first-order chi connectivity index (χ1) is 9.95. The van der Waals surface area contributed by atoms with Crippen molar-refractivity contribution in [2.75, 3.05) is 40.9 Å². The standard InChI is InChI=1S/C15H24FN3O2.ClH/c1-18(2)8-9-19(15(20)14(17)11-21-3)10-12-6-4-5-7-13(12)16;/h4-7,14H,8-11,17H2,1-3H3;1H. The third-order valence-electron chi connectivity index (χ3n) is 3.11. The van der Waals surface area contributed by atoms with E-state index in [9.17, 15) is 9.18 Å². The van der Waals surface area contributed by atoms with E-state index in [4.69, 9.17) is 10.5 Å². The van der Waals surface area contributed by atoms with Crippen molar-refractivity contribution >= 4 is 18.3 Å². The number of rotatable bonds is 8. The van der Waals surface area contributed by atoms with Crippen molar-refractivity contribution in [1.29, 1.82) is 0 Å². The molecule has 1 aromatic rings. The molecule has 1 aromatic carbocycles. The Labute approximate surface area is 137 Å². The summed E-state index contributed by atoms with van der Waals surface area (Å²) in [6, 6.07) is 5.71. The highest BCUT2D eigenvalue weighted by atomic mass is 35.5. The minimum atomic E-state index is -0.732. The first-order valence-electron chi connectivity index (χ1n) is 6.87. The molecule has 1 rings (SSSR count). The van der Waals surface area contributed by atoms with Crippen molar-refractivity contribution in [2.24, 2.45) is 5.73 Å². The number of benzene rings is 1. The molecule has 0 aliphatic heterocycles. The van der Waals surface area contributed by atoms with Crippen LogP contribution >= 0.6 is 12.4 Å². The van der Waals surface area contributed by atoms with Gasteiger partial charge in [0, 0.05) is 32.3 Å². The zero-order valence-electron chi connectivity index (χ0n) is 13.3. The summed E-state index contributed by atoms with van der Waals surface area (Å²) in [6.07, 6.45) is 0. The van der Waals surface area contributed by atoms with Crippen molar-refractivity contribution < 1.29 is 13.9 Å². The van der Waals surface area contributed by atoms with Crippen LogP contribution in [-0.2, 0) is 16.1 Å². The van der Waals surface area contributed by atoms with Crippen molar-refractivity contribution in [3.63, 3.8) is 0 Å². The fourth-order valence-corrected chi connectivity index (χ4v) is 1.91.